The molecule has 1 saturated heterocycles. The van der Waals surface area contributed by atoms with Gasteiger partial charge in [-0.1, -0.05) is 36.3 Å². The van der Waals surface area contributed by atoms with Crippen LogP contribution in [-0.4, -0.2) is 45.0 Å². The Hall–Kier alpha value is -2.72. The minimum Gasteiger partial charge on any atom is -0.477 e. The molecule has 2 amide bonds. The molecule has 128 valence electrons. The van der Waals surface area contributed by atoms with Crippen LogP contribution in [0.3, 0.4) is 0 Å². The number of amides is 2. The second-order valence-corrected chi connectivity index (χ2v) is 6.73. The number of carbonyl (C=O) groups excluding carboxylic acids is 2. The van der Waals surface area contributed by atoms with Crippen LogP contribution in [0.15, 0.2) is 41.6 Å². The number of rotatable bonds is 4. The number of thioether (sulfide) groups is 1. The highest BCUT2D eigenvalue weighted by Crippen LogP contribution is 2.40. The zero-order valence-corrected chi connectivity index (χ0v) is 14.3. The maximum atomic E-state index is 12.4. The zero-order valence-electron chi connectivity index (χ0n) is 13.5. The zero-order chi connectivity index (χ0) is 18.0. The van der Waals surface area contributed by atoms with Crippen LogP contribution in [0.5, 0.6) is 0 Å². The number of β-lactam (4-membered cyclic amide) rings is 1. The molecule has 0 bridgehead atoms. The van der Waals surface area contributed by atoms with Gasteiger partial charge in [0, 0.05) is 11.3 Å². The highest BCUT2D eigenvalue weighted by Gasteiger charge is 2.54. The van der Waals surface area contributed by atoms with Gasteiger partial charge in [-0.3, -0.25) is 14.5 Å². The largest absolute Gasteiger partial charge is 0.477 e. The summed E-state index contributed by atoms with van der Waals surface area (Å²) in [6.45, 7) is 1.62. The van der Waals surface area contributed by atoms with E-state index in [1.807, 2.05) is 30.3 Å². The van der Waals surface area contributed by atoms with Gasteiger partial charge in [-0.2, -0.15) is 0 Å². The summed E-state index contributed by atoms with van der Waals surface area (Å²) in [7, 11) is 0. The van der Waals surface area contributed by atoms with Crippen molar-refractivity contribution in [3.8, 4) is 11.8 Å². The summed E-state index contributed by atoms with van der Waals surface area (Å²) in [4.78, 5) is 37.3. The van der Waals surface area contributed by atoms with Gasteiger partial charge in [0.05, 0.1) is 6.42 Å². The van der Waals surface area contributed by atoms with Gasteiger partial charge >= 0.3 is 5.97 Å². The summed E-state index contributed by atoms with van der Waals surface area (Å²) in [5, 5.41) is 11.7. The van der Waals surface area contributed by atoms with Gasteiger partial charge in [0.15, 0.2) is 0 Å². The Labute approximate surface area is 149 Å². The molecule has 0 aliphatic carbocycles. The van der Waals surface area contributed by atoms with Crippen LogP contribution < -0.4 is 5.32 Å². The van der Waals surface area contributed by atoms with Crippen molar-refractivity contribution >= 4 is 29.5 Å². The third kappa shape index (κ3) is 3.26. The average molecular weight is 356 g/mol. The second-order valence-electron chi connectivity index (χ2n) is 5.62. The fourth-order valence-electron chi connectivity index (χ4n) is 2.87. The Kier molecular flexibility index (Phi) is 4.81. The van der Waals surface area contributed by atoms with E-state index in [2.05, 4.69) is 17.2 Å². The van der Waals surface area contributed by atoms with Gasteiger partial charge in [0.25, 0.3) is 5.91 Å². The van der Waals surface area contributed by atoms with Gasteiger partial charge < -0.3 is 10.4 Å². The van der Waals surface area contributed by atoms with E-state index in [9.17, 15) is 19.5 Å². The Morgan fingerprint density at radius 3 is 2.72 bits per heavy atom. The lowest BCUT2D eigenvalue weighted by Gasteiger charge is -2.49. The number of benzene rings is 1. The lowest BCUT2D eigenvalue weighted by Crippen LogP contribution is -2.70. The Bertz CT molecular complexity index is 822. The molecular weight excluding hydrogens is 340 g/mol. The molecule has 6 nitrogen and oxygen atoms in total. The monoisotopic (exact) mass is 356 g/mol. The fourth-order valence-corrected chi connectivity index (χ4v) is 4.15. The van der Waals surface area contributed by atoms with Crippen molar-refractivity contribution in [1.29, 1.82) is 0 Å². The van der Waals surface area contributed by atoms with Gasteiger partial charge in [0.1, 0.15) is 17.1 Å². The quantitative estimate of drug-likeness (QED) is 0.621. The number of hydrogen-bond donors (Lipinski definition) is 2. The minimum absolute atomic E-state index is 0.0725. The van der Waals surface area contributed by atoms with E-state index in [0.29, 0.717) is 11.3 Å². The number of hydrogen-bond acceptors (Lipinski definition) is 4. The number of carboxylic acids is 1. The predicted octanol–water partition coefficient (Wildman–Crippen LogP) is 0.991. The number of carbonyl (C=O) groups is 3. The van der Waals surface area contributed by atoms with Crippen molar-refractivity contribution in [2.24, 2.45) is 0 Å². The van der Waals surface area contributed by atoms with Crippen LogP contribution in [0.1, 0.15) is 12.5 Å². The molecule has 25 heavy (non-hydrogen) atoms. The first-order valence-electron chi connectivity index (χ1n) is 7.70. The molecule has 2 atom stereocenters. The molecule has 0 saturated carbocycles. The third-order valence-corrected chi connectivity index (χ3v) is 5.25. The maximum Gasteiger partial charge on any atom is 0.353 e. The lowest BCUT2D eigenvalue weighted by molar-refractivity contribution is -0.150. The van der Waals surface area contributed by atoms with Gasteiger partial charge in [-0.15, -0.1) is 17.7 Å². The molecule has 1 fully saturated rings. The summed E-state index contributed by atoms with van der Waals surface area (Å²) in [5.74, 6) is 3.99. The van der Waals surface area contributed by atoms with Crippen molar-refractivity contribution in [3.63, 3.8) is 0 Å². The first-order chi connectivity index (χ1) is 12.0. The molecule has 2 heterocycles. The average Bonchev–Trinajstić information content (AvgIpc) is 2.60. The summed E-state index contributed by atoms with van der Waals surface area (Å²) in [6, 6.07) is 8.53. The topological polar surface area (TPSA) is 86.7 Å². The smallest absolute Gasteiger partial charge is 0.353 e. The number of fused-ring (bicyclic) bond motifs is 1. The van der Waals surface area contributed by atoms with E-state index in [1.165, 1.54) is 16.7 Å². The molecule has 1 aromatic carbocycles. The summed E-state index contributed by atoms with van der Waals surface area (Å²) in [5.41, 5.74) is 1.21. The minimum atomic E-state index is -1.18. The lowest BCUT2D eigenvalue weighted by atomic mass is 10.0. The first-order valence-corrected chi connectivity index (χ1v) is 8.75. The van der Waals surface area contributed by atoms with Gasteiger partial charge in [0.2, 0.25) is 5.91 Å². The van der Waals surface area contributed by atoms with Crippen molar-refractivity contribution in [2.75, 3.05) is 5.75 Å². The SMILES string of the molecule is CC#CC1=C(C(=O)O)N2C(=O)C(NC(=O)Cc3ccccc3)[C@H]2SC1. The summed E-state index contributed by atoms with van der Waals surface area (Å²) >= 11 is 1.41. The second kappa shape index (κ2) is 7.03. The van der Waals surface area contributed by atoms with Crippen LogP contribution in [0.4, 0.5) is 0 Å². The van der Waals surface area contributed by atoms with Crippen LogP contribution in [0.25, 0.3) is 0 Å². The molecule has 3 rings (SSSR count). The summed E-state index contributed by atoms with van der Waals surface area (Å²) < 4.78 is 0. The van der Waals surface area contributed by atoms with Crippen molar-refractivity contribution < 1.29 is 19.5 Å². The molecule has 2 aliphatic heterocycles. The van der Waals surface area contributed by atoms with E-state index in [-0.39, 0.29) is 18.0 Å². The third-order valence-electron chi connectivity index (χ3n) is 3.97. The molecule has 2 N–H and O–H groups in total. The van der Waals surface area contributed by atoms with Gasteiger partial charge in [-0.25, -0.2) is 4.79 Å². The van der Waals surface area contributed by atoms with Crippen LogP contribution in [-0.2, 0) is 20.8 Å². The number of carboxylic acid groups (broad SMARTS) is 1. The maximum absolute atomic E-state index is 12.4. The number of aliphatic carboxylic acids is 1. The van der Waals surface area contributed by atoms with E-state index in [4.69, 9.17) is 0 Å². The standard InChI is InChI=1S/C18H16N2O4S/c1-2-6-12-10-25-17-14(16(22)20(17)15(12)18(23)24)19-13(21)9-11-7-4-3-5-8-11/h3-5,7-8,14,17H,9-10H2,1H3,(H,19,21)(H,23,24)/t14?,17-/m1/s1. The Morgan fingerprint density at radius 2 is 2.08 bits per heavy atom. The molecule has 0 radical (unpaired) electrons. The van der Waals surface area contributed by atoms with E-state index < -0.39 is 23.3 Å². The molecule has 0 aromatic heterocycles. The normalized spacial score (nSPS) is 21.6. The van der Waals surface area contributed by atoms with E-state index in [0.717, 1.165) is 5.56 Å². The Morgan fingerprint density at radius 1 is 1.36 bits per heavy atom. The predicted molar refractivity (Wildman–Crippen MR) is 93.3 cm³/mol. The van der Waals surface area contributed by atoms with E-state index >= 15 is 0 Å². The highest BCUT2D eigenvalue weighted by atomic mass is 32.2. The van der Waals surface area contributed by atoms with Gasteiger partial charge in [-0.05, 0) is 12.5 Å². The van der Waals surface area contributed by atoms with Crippen molar-refractivity contribution in [2.45, 2.75) is 24.8 Å². The molecule has 1 unspecified atom stereocenters. The molecule has 7 heteroatoms. The van der Waals surface area contributed by atoms with E-state index in [1.54, 1.807) is 6.92 Å². The van der Waals surface area contributed by atoms with Crippen LogP contribution in [0, 0.1) is 11.8 Å². The number of nitrogens with one attached hydrogen (secondary N) is 1. The fraction of sp³-hybridized carbons (Fsp3) is 0.278. The highest BCUT2D eigenvalue weighted by molar-refractivity contribution is 8.00. The van der Waals surface area contributed by atoms with Crippen LogP contribution in [0.2, 0.25) is 0 Å². The molecule has 0 spiro atoms. The molecule has 2 aliphatic rings. The van der Waals surface area contributed by atoms with Crippen molar-refractivity contribution in [1.82, 2.24) is 10.2 Å². The number of nitrogens with zero attached hydrogens (tertiary/aromatic N) is 1. The first kappa shape index (κ1) is 17.1. The Balaban J connectivity index is 1.72. The molecule has 1 aromatic rings. The van der Waals surface area contributed by atoms with Crippen LogP contribution >= 0.6 is 11.8 Å². The summed E-state index contributed by atoms with van der Waals surface area (Å²) in [6.07, 6.45) is 0.177. The molecular formula is C18H16N2O4S. The van der Waals surface area contributed by atoms with Crippen molar-refractivity contribution in [3.05, 3.63) is 47.2 Å².